The summed E-state index contributed by atoms with van der Waals surface area (Å²) in [5.41, 5.74) is 2.55. The first-order valence-corrected chi connectivity index (χ1v) is 6.62. The third-order valence-corrected chi connectivity index (χ3v) is 3.88. The van der Waals surface area contributed by atoms with Gasteiger partial charge in [-0.2, -0.15) is 9.61 Å². The molecule has 108 valence electrons. The van der Waals surface area contributed by atoms with Crippen LogP contribution in [0.1, 0.15) is 16.7 Å². The largest absolute Gasteiger partial charge is 0.207 e. The molecule has 4 nitrogen and oxygen atoms in total. The van der Waals surface area contributed by atoms with Crippen LogP contribution in [0.4, 0.5) is 8.78 Å². The molecule has 0 bridgehead atoms. The summed E-state index contributed by atoms with van der Waals surface area (Å²) >= 11 is 6.06. The molecular formula is C14H11ClF2N4. The molecule has 0 saturated heterocycles. The predicted molar refractivity (Wildman–Crippen MR) is 75.4 cm³/mol. The van der Waals surface area contributed by atoms with Crippen LogP contribution in [0.2, 0.25) is 5.15 Å². The number of fused-ring (bicyclic) bond motifs is 1. The number of halogens is 3. The van der Waals surface area contributed by atoms with Crippen LogP contribution in [-0.2, 0) is 0 Å². The van der Waals surface area contributed by atoms with Gasteiger partial charge in [0.2, 0.25) is 0 Å². The fourth-order valence-corrected chi connectivity index (χ4v) is 2.31. The van der Waals surface area contributed by atoms with Crippen LogP contribution < -0.4 is 0 Å². The Morgan fingerprint density at radius 1 is 1.00 bits per heavy atom. The van der Waals surface area contributed by atoms with Gasteiger partial charge in [0, 0.05) is 11.6 Å². The Morgan fingerprint density at radius 3 is 2.43 bits per heavy atom. The summed E-state index contributed by atoms with van der Waals surface area (Å²) in [6.07, 6.45) is 0. The maximum absolute atomic E-state index is 14.0. The lowest BCUT2D eigenvalue weighted by molar-refractivity contribution is 0.578. The van der Waals surface area contributed by atoms with Crippen molar-refractivity contribution in [2.24, 2.45) is 0 Å². The summed E-state index contributed by atoms with van der Waals surface area (Å²) in [5.74, 6) is -1.14. The molecule has 0 aliphatic heterocycles. The van der Waals surface area contributed by atoms with E-state index in [-0.39, 0.29) is 11.4 Å². The predicted octanol–water partition coefficient (Wildman–Crippen LogP) is 3.65. The molecule has 0 atom stereocenters. The number of nitrogens with zero attached hydrogens (tertiary/aromatic N) is 4. The van der Waals surface area contributed by atoms with Gasteiger partial charge in [-0.1, -0.05) is 11.6 Å². The Kier molecular flexibility index (Phi) is 3.13. The highest BCUT2D eigenvalue weighted by Crippen LogP contribution is 2.27. The molecule has 0 amide bonds. The topological polar surface area (TPSA) is 43.1 Å². The van der Waals surface area contributed by atoms with Crippen molar-refractivity contribution in [3.63, 3.8) is 0 Å². The average Bonchev–Trinajstić information content (AvgIpc) is 2.84. The molecule has 7 heteroatoms. The normalized spacial score (nSPS) is 11.3. The molecule has 0 spiro atoms. The number of hydrogen-bond acceptors (Lipinski definition) is 3. The minimum absolute atomic E-state index is 0.133. The summed E-state index contributed by atoms with van der Waals surface area (Å²) in [6.45, 7) is 5.21. The van der Waals surface area contributed by atoms with Crippen LogP contribution in [0.5, 0.6) is 0 Å². The second kappa shape index (κ2) is 4.73. The Hall–Kier alpha value is -2.08. The van der Waals surface area contributed by atoms with Gasteiger partial charge in [-0.05, 0) is 38.0 Å². The number of aryl methyl sites for hydroxylation is 2. The van der Waals surface area contributed by atoms with Crippen molar-refractivity contribution < 1.29 is 8.78 Å². The van der Waals surface area contributed by atoms with E-state index < -0.39 is 11.6 Å². The number of aromatic nitrogens is 4. The summed E-state index contributed by atoms with van der Waals surface area (Å²) < 4.78 is 28.8. The highest BCUT2D eigenvalue weighted by molar-refractivity contribution is 6.30. The minimum atomic E-state index is -0.719. The molecule has 0 N–H and O–H groups in total. The van der Waals surface area contributed by atoms with Crippen LogP contribution in [0.3, 0.4) is 0 Å². The molecule has 0 radical (unpaired) electrons. The second-order valence-corrected chi connectivity index (χ2v) is 5.24. The van der Waals surface area contributed by atoms with Crippen molar-refractivity contribution in [3.8, 4) is 11.4 Å². The van der Waals surface area contributed by atoms with Crippen LogP contribution in [0, 0.1) is 32.4 Å². The van der Waals surface area contributed by atoms with E-state index in [1.54, 1.807) is 6.92 Å². The number of benzene rings is 1. The molecule has 1 aromatic carbocycles. The van der Waals surface area contributed by atoms with Gasteiger partial charge in [-0.15, -0.1) is 10.2 Å². The van der Waals surface area contributed by atoms with Gasteiger partial charge in [0.05, 0.1) is 5.56 Å². The van der Waals surface area contributed by atoms with Crippen molar-refractivity contribution in [2.45, 2.75) is 20.8 Å². The van der Waals surface area contributed by atoms with E-state index in [0.29, 0.717) is 16.4 Å². The molecule has 3 rings (SSSR count). The number of hydrogen-bond donors (Lipinski definition) is 0. The molecule has 2 aromatic heterocycles. The van der Waals surface area contributed by atoms with Crippen molar-refractivity contribution in [1.29, 1.82) is 0 Å². The minimum Gasteiger partial charge on any atom is -0.207 e. The maximum Gasteiger partial charge on any atom is 0.188 e. The highest BCUT2D eigenvalue weighted by atomic mass is 35.5. The first-order chi connectivity index (χ1) is 9.90. The van der Waals surface area contributed by atoms with E-state index in [1.807, 2.05) is 13.8 Å². The summed E-state index contributed by atoms with van der Waals surface area (Å²) in [7, 11) is 0. The van der Waals surface area contributed by atoms with Gasteiger partial charge in [0.1, 0.15) is 11.6 Å². The van der Waals surface area contributed by atoms with Gasteiger partial charge in [0.15, 0.2) is 16.6 Å². The first kappa shape index (κ1) is 13.9. The van der Waals surface area contributed by atoms with E-state index in [9.17, 15) is 8.78 Å². The van der Waals surface area contributed by atoms with Crippen LogP contribution in [-0.4, -0.2) is 19.8 Å². The van der Waals surface area contributed by atoms with E-state index >= 15 is 0 Å². The Labute approximate surface area is 124 Å². The molecule has 3 aromatic rings. The Bertz CT molecular complexity index is 873. The SMILES string of the molecule is Cc1cc(-c2nnc3c(C)c(C)c(Cl)nn23)c(F)cc1F. The van der Waals surface area contributed by atoms with E-state index in [4.69, 9.17) is 11.6 Å². The molecule has 0 unspecified atom stereocenters. The zero-order valence-electron chi connectivity index (χ0n) is 11.6. The van der Waals surface area contributed by atoms with Gasteiger partial charge < -0.3 is 0 Å². The lowest BCUT2D eigenvalue weighted by atomic mass is 10.1. The number of rotatable bonds is 1. The van der Waals surface area contributed by atoms with Crippen molar-refractivity contribution in [1.82, 2.24) is 19.8 Å². The molecule has 0 aliphatic carbocycles. The molecule has 0 saturated carbocycles. The lowest BCUT2D eigenvalue weighted by Gasteiger charge is -2.06. The zero-order chi connectivity index (χ0) is 15.3. The molecule has 0 fully saturated rings. The molecular weight excluding hydrogens is 298 g/mol. The van der Waals surface area contributed by atoms with Crippen LogP contribution in [0.25, 0.3) is 17.0 Å². The van der Waals surface area contributed by atoms with E-state index in [2.05, 4.69) is 15.3 Å². The monoisotopic (exact) mass is 308 g/mol. The summed E-state index contributed by atoms with van der Waals surface area (Å²) in [4.78, 5) is 0. The van der Waals surface area contributed by atoms with E-state index in [0.717, 1.165) is 17.2 Å². The highest BCUT2D eigenvalue weighted by Gasteiger charge is 2.18. The fraction of sp³-hybridized carbons (Fsp3) is 0.214. The van der Waals surface area contributed by atoms with E-state index in [1.165, 1.54) is 10.6 Å². The summed E-state index contributed by atoms with van der Waals surface area (Å²) in [6, 6.07) is 2.21. The van der Waals surface area contributed by atoms with Gasteiger partial charge >= 0.3 is 0 Å². The van der Waals surface area contributed by atoms with Crippen molar-refractivity contribution >= 4 is 17.2 Å². The smallest absolute Gasteiger partial charge is 0.188 e. The standard InChI is InChI=1S/C14H11ClF2N4/c1-6-4-9(11(17)5-10(6)16)14-19-18-13-8(3)7(2)12(15)20-21(13)14/h4-5H,1-3H3. The van der Waals surface area contributed by atoms with Gasteiger partial charge in [-0.3, -0.25) is 0 Å². The molecule has 21 heavy (non-hydrogen) atoms. The lowest BCUT2D eigenvalue weighted by Crippen LogP contribution is -2.01. The van der Waals surface area contributed by atoms with Crippen molar-refractivity contribution in [2.75, 3.05) is 0 Å². The molecule has 2 heterocycles. The van der Waals surface area contributed by atoms with Crippen LogP contribution in [0.15, 0.2) is 12.1 Å². The van der Waals surface area contributed by atoms with Gasteiger partial charge in [-0.25, -0.2) is 8.78 Å². The third kappa shape index (κ3) is 2.06. The third-order valence-electron chi connectivity index (χ3n) is 3.53. The summed E-state index contributed by atoms with van der Waals surface area (Å²) in [5, 5.41) is 12.4. The maximum atomic E-state index is 14.0. The molecule has 0 aliphatic rings. The Balaban J connectivity index is 2.34. The fourth-order valence-electron chi connectivity index (χ4n) is 2.09. The first-order valence-electron chi connectivity index (χ1n) is 6.24. The zero-order valence-corrected chi connectivity index (χ0v) is 12.3. The van der Waals surface area contributed by atoms with Gasteiger partial charge in [0.25, 0.3) is 0 Å². The van der Waals surface area contributed by atoms with Crippen LogP contribution >= 0.6 is 11.6 Å². The van der Waals surface area contributed by atoms with Crippen molar-refractivity contribution in [3.05, 3.63) is 45.6 Å². The quantitative estimate of drug-likeness (QED) is 0.689. The second-order valence-electron chi connectivity index (χ2n) is 4.88. The Morgan fingerprint density at radius 2 is 1.71 bits per heavy atom. The average molecular weight is 309 g/mol.